The number of benzene rings is 1. The predicted molar refractivity (Wildman–Crippen MR) is 91.9 cm³/mol. The quantitative estimate of drug-likeness (QED) is 0.334. The maximum Gasteiger partial charge on any atom is 0.118 e. The van der Waals surface area contributed by atoms with Crippen LogP contribution >= 0.6 is 23.2 Å². The molecule has 1 aromatic rings. The molecule has 1 N–H and O–H groups in total. The average Bonchev–Trinajstić information content (AvgIpc) is 2.50. The molecule has 5 heteroatoms. The van der Waals surface area contributed by atoms with Gasteiger partial charge < -0.3 is 10.1 Å². The third-order valence-corrected chi connectivity index (χ3v) is 3.91. The summed E-state index contributed by atoms with van der Waals surface area (Å²) in [6.07, 6.45) is 2.56. The van der Waals surface area contributed by atoms with Crippen molar-refractivity contribution < 1.29 is 4.74 Å². The second-order valence-electron chi connectivity index (χ2n) is 4.91. The van der Waals surface area contributed by atoms with Crippen molar-refractivity contribution in [1.29, 1.82) is 5.26 Å². The zero-order valence-electron chi connectivity index (χ0n) is 13.0. The number of hydrogen-bond donors (Lipinski definition) is 1. The molecule has 1 rings (SSSR count). The Morgan fingerprint density at radius 2 is 1.95 bits per heavy atom. The summed E-state index contributed by atoms with van der Waals surface area (Å²) in [6, 6.07) is 7.57. The van der Waals surface area contributed by atoms with Crippen LogP contribution < -0.4 is 5.32 Å². The zero-order chi connectivity index (χ0) is 16.5. The average molecular weight is 339 g/mol. The van der Waals surface area contributed by atoms with E-state index < -0.39 is 0 Å². The molecule has 0 saturated heterocycles. The highest BCUT2D eigenvalue weighted by atomic mass is 35.5. The van der Waals surface area contributed by atoms with E-state index in [1.54, 1.807) is 20.1 Å². The van der Waals surface area contributed by atoms with Crippen molar-refractivity contribution in [3.05, 3.63) is 56.8 Å². The van der Waals surface area contributed by atoms with Crippen molar-refractivity contribution in [3.63, 3.8) is 0 Å². The van der Waals surface area contributed by atoms with Crippen LogP contribution in [0.3, 0.4) is 0 Å². The van der Waals surface area contributed by atoms with E-state index in [-0.39, 0.29) is 0 Å². The monoisotopic (exact) mass is 338 g/mol. The van der Waals surface area contributed by atoms with Crippen molar-refractivity contribution in [2.24, 2.45) is 0 Å². The summed E-state index contributed by atoms with van der Waals surface area (Å²) < 4.78 is 5.32. The van der Waals surface area contributed by atoms with Gasteiger partial charge in [0.05, 0.1) is 13.2 Å². The third-order valence-electron chi connectivity index (χ3n) is 3.20. The first-order valence-electron chi connectivity index (χ1n) is 6.95. The molecule has 0 bridgehead atoms. The Kier molecular flexibility index (Phi) is 8.05. The smallest absolute Gasteiger partial charge is 0.118 e. The minimum Gasteiger partial charge on any atom is -0.497 e. The molecular formula is C17H20Cl2N2O. The first-order chi connectivity index (χ1) is 10.5. The van der Waals surface area contributed by atoms with Crippen LogP contribution in [0.15, 0.2) is 41.2 Å². The molecule has 0 radical (unpaired) electrons. The molecule has 118 valence electrons. The molecule has 0 aromatic heterocycles. The largest absolute Gasteiger partial charge is 0.497 e. The molecule has 0 unspecified atom stereocenters. The van der Waals surface area contributed by atoms with Gasteiger partial charge in [-0.3, -0.25) is 0 Å². The molecular weight excluding hydrogens is 319 g/mol. The number of halogens is 2. The summed E-state index contributed by atoms with van der Waals surface area (Å²) in [4.78, 5) is 0. The lowest BCUT2D eigenvalue weighted by molar-refractivity contribution is 0.300. The molecule has 0 aliphatic rings. The van der Waals surface area contributed by atoms with E-state index in [1.165, 1.54) is 0 Å². The number of allylic oxidation sites excluding steroid dienone is 2. The predicted octanol–water partition coefficient (Wildman–Crippen LogP) is 4.86. The summed E-state index contributed by atoms with van der Waals surface area (Å²) >= 11 is 12.2. The van der Waals surface area contributed by atoms with Gasteiger partial charge in [-0.25, -0.2) is 0 Å². The molecule has 0 saturated carbocycles. The fraction of sp³-hybridized carbons (Fsp3) is 0.353. The minimum atomic E-state index is 0.612. The maximum absolute atomic E-state index is 8.82. The molecule has 3 nitrogen and oxygen atoms in total. The standard InChI is InChI=1S/C17H20Cl2N2O/c1-12(10-20)9-17(22-3)13(2)7-8-21-11-14-15(18)5-4-6-16(14)19/h4-6,9,21H,7-8,11H2,1-3H3/b12-9+,17-13-. The van der Waals surface area contributed by atoms with Gasteiger partial charge in [0.25, 0.3) is 0 Å². The van der Waals surface area contributed by atoms with E-state index >= 15 is 0 Å². The fourth-order valence-corrected chi connectivity index (χ4v) is 2.43. The summed E-state index contributed by atoms with van der Waals surface area (Å²) in [5.74, 6) is 0.733. The number of rotatable bonds is 7. The Balaban J connectivity index is 2.58. The van der Waals surface area contributed by atoms with Crippen LogP contribution in [0.1, 0.15) is 25.8 Å². The highest BCUT2D eigenvalue weighted by molar-refractivity contribution is 6.35. The van der Waals surface area contributed by atoms with E-state index in [0.717, 1.165) is 29.9 Å². The normalized spacial score (nSPS) is 12.6. The van der Waals surface area contributed by atoms with Gasteiger partial charge in [0, 0.05) is 27.7 Å². The number of methoxy groups -OCH3 is 1. The molecule has 0 atom stereocenters. The van der Waals surface area contributed by atoms with Crippen LogP contribution in [0, 0.1) is 11.3 Å². The lowest BCUT2D eigenvalue weighted by Gasteiger charge is -2.10. The van der Waals surface area contributed by atoms with Gasteiger partial charge in [-0.15, -0.1) is 0 Å². The lowest BCUT2D eigenvalue weighted by atomic mass is 10.1. The van der Waals surface area contributed by atoms with Crippen LogP contribution in [-0.4, -0.2) is 13.7 Å². The molecule has 0 spiro atoms. The lowest BCUT2D eigenvalue weighted by Crippen LogP contribution is -2.16. The van der Waals surface area contributed by atoms with E-state index in [9.17, 15) is 0 Å². The van der Waals surface area contributed by atoms with E-state index in [1.807, 2.05) is 25.1 Å². The maximum atomic E-state index is 8.82. The third kappa shape index (κ3) is 5.73. The fourth-order valence-electron chi connectivity index (χ4n) is 1.90. The molecule has 22 heavy (non-hydrogen) atoms. The van der Waals surface area contributed by atoms with E-state index in [4.69, 9.17) is 33.2 Å². The Bertz CT molecular complexity index is 595. The first kappa shape index (κ1) is 18.6. The Morgan fingerprint density at radius 1 is 1.32 bits per heavy atom. The van der Waals surface area contributed by atoms with E-state index in [2.05, 4.69) is 11.4 Å². The van der Waals surface area contributed by atoms with Crippen LogP contribution in [-0.2, 0) is 11.3 Å². The summed E-state index contributed by atoms with van der Waals surface area (Å²) in [7, 11) is 1.61. The number of ether oxygens (including phenoxy) is 1. The van der Waals surface area contributed by atoms with Gasteiger partial charge in [0.15, 0.2) is 0 Å². The molecule has 0 heterocycles. The second-order valence-corrected chi connectivity index (χ2v) is 5.73. The highest BCUT2D eigenvalue weighted by Gasteiger charge is 2.05. The number of nitriles is 1. The van der Waals surface area contributed by atoms with Crippen LogP contribution in [0.2, 0.25) is 10.0 Å². The van der Waals surface area contributed by atoms with Gasteiger partial charge >= 0.3 is 0 Å². The first-order valence-corrected chi connectivity index (χ1v) is 7.71. The molecule has 0 fully saturated rings. The SMILES string of the molecule is COC(/C=C(\C)C#N)=C(/C)CCNCc1c(Cl)cccc1Cl. The minimum absolute atomic E-state index is 0.612. The van der Waals surface area contributed by atoms with Gasteiger partial charge in [0.1, 0.15) is 5.76 Å². The van der Waals surface area contributed by atoms with Gasteiger partial charge in [-0.1, -0.05) is 29.3 Å². The Hall–Kier alpha value is -1.47. The van der Waals surface area contributed by atoms with Gasteiger partial charge in [-0.05, 0) is 50.6 Å². The number of nitrogens with zero attached hydrogens (tertiary/aromatic N) is 1. The molecule has 0 aliphatic carbocycles. The summed E-state index contributed by atoms with van der Waals surface area (Å²) in [5.41, 5.74) is 2.60. The van der Waals surface area contributed by atoms with E-state index in [0.29, 0.717) is 22.2 Å². The van der Waals surface area contributed by atoms with Gasteiger partial charge in [-0.2, -0.15) is 5.26 Å². The Labute approximate surface area is 142 Å². The van der Waals surface area contributed by atoms with Crippen LogP contribution in [0.25, 0.3) is 0 Å². The van der Waals surface area contributed by atoms with Crippen molar-refractivity contribution in [2.75, 3.05) is 13.7 Å². The van der Waals surface area contributed by atoms with Crippen molar-refractivity contribution >= 4 is 23.2 Å². The van der Waals surface area contributed by atoms with Crippen LogP contribution in [0.5, 0.6) is 0 Å². The molecule has 0 aliphatic heterocycles. The topological polar surface area (TPSA) is 45.0 Å². The summed E-state index contributed by atoms with van der Waals surface area (Å²) in [6.45, 7) is 5.12. The number of nitrogens with one attached hydrogen (secondary N) is 1. The van der Waals surface area contributed by atoms with Crippen LogP contribution in [0.4, 0.5) is 0 Å². The van der Waals surface area contributed by atoms with Crippen molar-refractivity contribution in [3.8, 4) is 6.07 Å². The molecule has 0 amide bonds. The second kappa shape index (κ2) is 9.53. The molecule has 1 aromatic carbocycles. The zero-order valence-corrected chi connectivity index (χ0v) is 14.6. The Morgan fingerprint density at radius 3 is 2.50 bits per heavy atom. The highest BCUT2D eigenvalue weighted by Crippen LogP contribution is 2.23. The van der Waals surface area contributed by atoms with Gasteiger partial charge in [0.2, 0.25) is 0 Å². The van der Waals surface area contributed by atoms with Crippen molar-refractivity contribution in [1.82, 2.24) is 5.32 Å². The number of hydrogen-bond acceptors (Lipinski definition) is 3. The van der Waals surface area contributed by atoms with Crippen molar-refractivity contribution in [2.45, 2.75) is 26.8 Å². The summed E-state index contributed by atoms with van der Waals surface area (Å²) in [5, 5.41) is 13.5.